The molecule has 0 aliphatic carbocycles. The number of allylic oxidation sites excluding steroid dienone is 1. The van der Waals surface area contributed by atoms with Crippen molar-refractivity contribution in [3.63, 3.8) is 0 Å². The van der Waals surface area contributed by atoms with Gasteiger partial charge in [0, 0.05) is 6.07 Å². The molecule has 0 saturated carbocycles. The van der Waals surface area contributed by atoms with Crippen LogP contribution in [0, 0.1) is 20.2 Å². The van der Waals surface area contributed by atoms with Crippen LogP contribution in [0.3, 0.4) is 0 Å². The van der Waals surface area contributed by atoms with Crippen LogP contribution in [0.1, 0.15) is 37.9 Å². The number of carbonyl (C=O) groups excluding carboxylic acids is 1. The summed E-state index contributed by atoms with van der Waals surface area (Å²) in [5.74, 6) is 0.143. The number of thiazole rings is 1. The van der Waals surface area contributed by atoms with E-state index >= 15 is 0 Å². The maximum Gasteiger partial charge on any atom is 0.338 e. The molecule has 0 fully saturated rings. The quantitative estimate of drug-likeness (QED) is 0.123. The number of nitro groups is 2. The third-order valence-corrected chi connectivity index (χ3v) is 8.06. The summed E-state index contributed by atoms with van der Waals surface area (Å²) in [6.07, 6.45) is 1.63. The minimum atomic E-state index is -0.800. The number of non-ortho nitro benzene ring substituents is 1. The van der Waals surface area contributed by atoms with E-state index in [1.807, 2.05) is 6.92 Å². The predicted octanol–water partition coefficient (Wildman–Crippen LogP) is 4.81. The molecule has 14 nitrogen and oxygen atoms in total. The first kappa shape index (κ1) is 32.6. The Bertz CT molecular complexity index is 2100. The number of carbonyl (C=O) groups is 1. The molecule has 0 amide bonds. The number of rotatable bonds is 11. The van der Waals surface area contributed by atoms with Crippen LogP contribution < -0.4 is 29.1 Å². The summed E-state index contributed by atoms with van der Waals surface area (Å²) in [4.78, 5) is 53.2. The molecule has 4 aromatic rings. The van der Waals surface area contributed by atoms with E-state index in [0.29, 0.717) is 38.5 Å². The standard InChI is InChI=1S/C32H28N4O10S/c1-5-44-22-11-8-20(9-12-22)29-28(31(38)45-6-2)18(3)33-32-34(29)30(37)27(47-32)16-19-7-13-25(26(15-19)43-4)46-24-14-10-21(35(39)40)17-23(24)36(41)42/h7-17,29H,5-6H2,1-4H3/b27-16-/t29-/m1/s1. The fraction of sp³-hybridized carbons (Fsp3) is 0.219. The molecule has 0 unspecified atom stereocenters. The Morgan fingerprint density at radius 2 is 1.70 bits per heavy atom. The van der Waals surface area contributed by atoms with Crippen LogP contribution in [-0.2, 0) is 9.53 Å². The summed E-state index contributed by atoms with van der Waals surface area (Å²) >= 11 is 1.14. The maximum absolute atomic E-state index is 14.0. The first-order valence-corrected chi connectivity index (χ1v) is 15.1. The summed E-state index contributed by atoms with van der Waals surface area (Å²) in [7, 11) is 1.38. The number of esters is 1. The zero-order chi connectivity index (χ0) is 33.8. The molecule has 242 valence electrons. The molecular formula is C32H28N4O10S. The predicted molar refractivity (Wildman–Crippen MR) is 171 cm³/mol. The van der Waals surface area contributed by atoms with E-state index in [2.05, 4.69) is 4.99 Å². The van der Waals surface area contributed by atoms with Crippen molar-refractivity contribution in [2.75, 3.05) is 20.3 Å². The van der Waals surface area contributed by atoms with Crippen molar-refractivity contribution >= 4 is 34.8 Å². The number of aromatic nitrogens is 1. The highest BCUT2D eigenvalue weighted by molar-refractivity contribution is 7.07. The summed E-state index contributed by atoms with van der Waals surface area (Å²) in [6.45, 7) is 5.90. The summed E-state index contributed by atoms with van der Waals surface area (Å²) < 4.78 is 23.9. The van der Waals surface area contributed by atoms with Gasteiger partial charge in [0.15, 0.2) is 16.3 Å². The molecule has 1 aliphatic heterocycles. The smallest absolute Gasteiger partial charge is 0.338 e. The molecule has 1 atom stereocenters. The second-order valence-corrected chi connectivity index (χ2v) is 11.0. The van der Waals surface area contributed by atoms with Crippen molar-refractivity contribution in [1.82, 2.24) is 4.57 Å². The zero-order valence-corrected chi connectivity index (χ0v) is 26.4. The molecule has 15 heteroatoms. The maximum atomic E-state index is 14.0. The third kappa shape index (κ3) is 6.60. The van der Waals surface area contributed by atoms with Gasteiger partial charge in [0.2, 0.25) is 5.75 Å². The molecule has 1 aromatic heterocycles. The van der Waals surface area contributed by atoms with Gasteiger partial charge in [-0.05, 0) is 68.3 Å². The van der Waals surface area contributed by atoms with Crippen molar-refractivity contribution in [2.24, 2.45) is 4.99 Å². The molecule has 3 aromatic carbocycles. The second kappa shape index (κ2) is 13.7. The number of nitro benzene ring substituents is 2. The minimum Gasteiger partial charge on any atom is -0.494 e. The fourth-order valence-corrected chi connectivity index (χ4v) is 6.04. The highest BCUT2D eigenvalue weighted by Gasteiger charge is 2.33. The molecule has 0 bridgehead atoms. The topological polar surface area (TPSA) is 175 Å². The van der Waals surface area contributed by atoms with Crippen LogP contribution >= 0.6 is 11.3 Å². The van der Waals surface area contributed by atoms with Gasteiger partial charge in [0.05, 0.1) is 58.1 Å². The van der Waals surface area contributed by atoms with E-state index in [4.69, 9.17) is 18.9 Å². The number of nitrogens with zero attached hydrogens (tertiary/aromatic N) is 4. The Kier molecular flexibility index (Phi) is 9.46. The molecule has 1 aliphatic rings. The van der Waals surface area contributed by atoms with E-state index in [0.717, 1.165) is 29.5 Å². The largest absolute Gasteiger partial charge is 0.494 e. The number of benzene rings is 3. The van der Waals surface area contributed by atoms with Crippen molar-refractivity contribution in [1.29, 1.82) is 0 Å². The summed E-state index contributed by atoms with van der Waals surface area (Å²) in [6, 6.07) is 14.1. The van der Waals surface area contributed by atoms with Crippen LogP contribution in [0.2, 0.25) is 0 Å². The third-order valence-electron chi connectivity index (χ3n) is 7.08. The fourth-order valence-electron chi connectivity index (χ4n) is 5.00. The van der Waals surface area contributed by atoms with Crippen molar-refractivity contribution in [3.8, 4) is 23.0 Å². The van der Waals surface area contributed by atoms with Crippen molar-refractivity contribution in [3.05, 3.63) is 123 Å². The molecule has 0 radical (unpaired) electrons. The first-order valence-electron chi connectivity index (χ1n) is 14.3. The lowest BCUT2D eigenvalue weighted by Crippen LogP contribution is -2.39. The normalized spacial score (nSPS) is 14.2. The van der Waals surface area contributed by atoms with Gasteiger partial charge < -0.3 is 18.9 Å². The van der Waals surface area contributed by atoms with Gasteiger partial charge in [-0.25, -0.2) is 9.79 Å². The van der Waals surface area contributed by atoms with Crippen LogP contribution in [0.4, 0.5) is 11.4 Å². The Hall–Kier alpha value is -5.83. The molecule has 0 saturated heterocycles. The van der Waals surface area contributed by atoms with E-state index in [9.17, 15) is 29.8 Å². The van der Waals surface area contributed by atoms with Crippen LogP contribution in [-0.4, -0.2) is 40.7 Å². The molecule has 2 heterocycles. The Labute approximate surface area is 270 Å². The lowest BCUT2D eigenvalue weighted by Gasteiger charge is -2.24. The highest BCUT2D eigenvalue weighted by Crippen LogP contribution is 2.38. The molecule has 47 heavy (non-hydrogen) atoms. The number of hydrogen-bond donors (Lipinski definition) is 0. The highest BCUT2D eigenvalue weighted by atomic mass is 32.1. The number of methoxy groups -OCH3 is 1. The van der Waals surface area contributed by atoms with E-state index in [-0.39, 0.29) is 35.0 Å². The SMILES string of the molecule is CCOC(=O)C1=C(C)N=c2s/c(=C\c3ccc(Oc4ccc([N+](=O)[O-])cc4[N+](=O)[O-])c(OC)c3)c(=O)n2[C@@H]1c1ccc(OCC)cc1. The van der Waals surface area contributed by atoms with Crippen LogP contribution in [0.5, 0.6) is 23.0 Å². The van der Waals surface area contributed by atoms with Gasteiger partial charge in [-0.1, -0.05) is 29.5 Å². The molecule has 0 N–H and O–H groups in total. The summed E-state index contributed by atoms with van der Waals surface area (Å²) in [5, 5.41) is 22.7. The van der Waals surface area contributed by atoms with Crippen molar-refractivity contribution in [2.45, 2.75) is 26.8 Å². The minimum absolute atomic E-state index is 0.105. The number of fused-ring (bicyclic) bond motifs is 1. The Morgan fingerprint density at radius 1 is 0.979 bits per heavy atom. The van der Waals surface area contributed by atoms with Gasteiger partial charge >= 0.3 is 11.7 Å². The van der Waals surface area contributed by atoms with Gasteiger partial charge in [0.1, 0.15) is 5.75 Å². The number of hydrogen-bond acceptors (Lipinski definition) is 12. The molecule has 5 rings (SSSR count). The van der Waals surface area contributed by atoms with Gasteiger partial charge in [-0.15, -0.1) is 0 Å². The monoisotopic (exact) mass is 660 g/mol. The first-order chi connectivity index (χ1) is 22.6. The van der Waals surface area contributed by atoms with E-state index < -0.39 is 33.2 Å². The van der Waals surface area contributed by atoms with E-state index in [1.165, 1.54) is 17.7 Å². The Morgan fingerprint density at radius 3 is 2.34 bits per heavy atom. The average Bonchev–Trinajstić information content (AvgIpc) is 3.35. The summed E-state index contributed by atoms with van der Waals surface area (Å²) in [5.41, 5.74) is 0.451. The van der Waals surface area contributed by atoms with Crippen LogP contribution in [0.25, 0.3) is 6.08 Å². The van der Waals surface area contributed by atoms with Crippen LogP contribution in [0.15, 0.2) is 81.7 Å². The molecule has 0 spiro atoms. The number of ether oxygens (including phenoxy) is 4. The molecular weight excluding hydrogens is 632 g/mol. The lowest BCUT2D eigenvalue weighted by atomic mass is 9.96. The average molecular weight is 661 g/mol. The van der Waals surface area contributed by atoms with Gasteiger partial charge in [-0.2, -0.15) is 0 Å². The Balaban J connectivity index is 1.56. The van der Waals surface area contributed by atoms with Gasteiger partial charge in [0.25, 0.3) is 11.2 Å². The van der Waals surface area contributed by atoms with E-state index in [1.54, 1.807) is 56.3 Å². The van der Waals surface area contributed by atoms with Crippen molar-refractivity contribution < 1.29 is 33.6 Å². The second-order valence-electron chi connectivity index (χ2n) is 9.98. The van der Waals surface area contributed by atoms with Gasteiger partial charge in [-0.3, -0.25) is 29.6 Å². The lowest BCUT2D eigenvalue weighted by molar-refractivity contribution is -0.394. The zero-order valence-electron chi connectivity index (χ0n) is 25.6.